The highest BCUT2D eigenvalue weighted by molar-refractivity contribution is 6.32. The Morgan fingerprint density at radius 2 is 2.41 bits per heavy atom. The second-order valence-corrected chi connectivity index (χ2v) is 4.82. The summed E-state index contributed by atoms with van der Waals surface area (Å²) < 4.78 is 13.0. The van der Waals surface area contributed by atoms with E-state index in [9.17, 15) is 14.3 Å². The Hall–Kier alpha value is -1.20. The van der Waals surface area contributed by atoms with Gasteiger partial charge in [0.25, 0.3) is 5.91 Å². The van der Waals surface area contributed by atoms with E-state index in [0.717, 1.165) is 12.3 Å². The fraction of sp³-hybridized carbons (Fsp3) is 0.455. The minimum Gasteiger partial charge on any atom is -0.388 e. The summed E-state index contributed by atoms with van der Waals surface area (Å²) in [5.74, 6) is -1.01. The van der Waals surface area contributed by atoms with Gasteiger partial charge in [-0.2, -0.15) is 0 Å². The molecule has 0 radical (unpaired) electrons. The number of amides is 1. The molecule has 2 rings (SSSR count). The van der Waals surface area contributed by atoms with E-state index in [1.807, 2.05) is 0 Å². The van der Waals surface area contributed by atoms with Gasteiger partial charge >= 0.3 is 0 Å². The molecule has 1 aliphatic heterocycles. The van der Waals surface area contributed by atoms with E-state index < -0.39 is 17.3 Å². The van der Waals surface area contributed by atoms with E-state index in [4.69, 9.17) is 11.6 Å². The average Bonchev–Trinajstić information content (AvgIpc) is 2.61. The lowest BCUT2D eigenvalue weighted by atomic mass is 10.1. The first kappa shape index (κ1) is 12.3. The van der Waals surface area contributed by atoms with E-state index in [2.05, 4.69) is 4.98 Å². The van der Waals surface area contributed by atoms with Crippen LogP contribution in [0, 0.1) is 5.82 Å². The predicted octanol–water partition coefficient (Wildman–Crippen LogP) is 1.47. The molecule has 0 aliphatic carbocycles. The lowest BCUT2D eigenvalue weighted by Gasteiger charge is -2.19. The van der Waals surface area contributed by atoms with Crippen LogP contribution in [0.15, 0.2) is 12.3 Å². The molecule has 1 aromatic heterocycles. The first-order chi connectivity index (χ1) is 7.89. The van der Waals surface area contributed by atoms with E-state index in [1.54, 1.807) is 6.92 Å². The molecule has 0 spiro atoms. The Morgan fingerprint density at radius 3 is 3.00 bits per heavy atom. The lowest BCUT2D eigenvalue weighted by molar-refractivity contribution is 0.0572. The molecule has 92 valence electrons. The fourth-order valence-electron chi connectivity index (χ4n) is 1.86. The van der Waals surface area contributed by atoms with Gasteiger partial charge in [0.2, 0.25) is 0 Å². The Kier molecular flexibility index (Phi) is 3.05. The van der Waals surface area contributed by atoms with Crippen LogP contribution >= 0.6 is 11.6 Å². The number of hydrogen-bond donors (Lipinski definition) is 1. The highest BCUT2D eigenvalue weighted by atomic mass is 35.5. The lowest BCUT2D eigenvalue weighted by Crippen LogP contribution is -2.34. The zero-order chi connectivity index (χ0) is 12.6. The van der Waals surface area contributed by atoms with Crippen molar-refractivity contribution in [2.24, 2.45) is 0 Å². The molecular weight excluding hydrogens is 247 g/mol. The minimum atomic E-state index is -0.886. The first-order valence-corrected chi connectivity index (χ1v) is 5.59. The van der Waals surface area contributed by atoms with Gasteiger partial charge in [-0.05, 0) is 19.4 Å². The Morgan fingerprint density at radius 1 is 1.71 bits per heavy atom. The number of halogens is 2. The highest BCUT2D eigenvalue weighted by Gasteiger charge is 2.35. The van der Waals surface area contributed by atoms with Crippen LogP contribution in [0.1, 0.15) is 23.7 Å². The third-order valence-corrected chi connectivity index (χ3v) is 3.08. The zero-order valence-corrected chi connectivity index (χ0v) is 10.0. The van der Waals surface area contributed by atoms with Crippen molar-refractivity contribution >= 4 is 17.5 Å². The molecule has 6 heteroatoms. The van der Waals surface area contributed by atoms with Gasteiger partial charge in [0.1, 0.15) is 11.0 Å². The number of likely N-dealkylation sites (tertiary alicyclic amines) is 1. The second kappa shape index (κ2) is 4.23. The molecular formula is C11H12ClFN2O2. The first-order valence-electron chi connectivity index (χ1n) is 5.22. The maximum absolute atomic E-state index is 13.0. The zero-order valence-electron chi connectivity index (χ0n) is 9.28. The van der Waals surface area contributed by atoms with Crippen LogP contribution in [0.25, 0.3) is 0 Å². The molecule has 0 bridgehead atoms. The van der Waals surface area contributed by atoms with Gasteiger partial charge in [0.15, 0.2) is 0 Å². The molecule has 1 N–H and O–H groups in total. The van der Waals surface area contributed by atoms with Gasteiger partial charge in [-0.25, -0.2) is 9.37 Å². The van der Waals surface area contributed by atoms with E-state index in [0.29, 0.717) is 13.0 Å². The van der Waals surface area contributed by atoms with Gasteiger partial charge in [-0.1, -0.05) is 11.6 Å². The Bertz CT molecular complexity index is 465. The van der Waals surface area contributed by atoms with Crippen molar-refractivity contribution in [1.82, 2.24) is 9.88 Å². The van der Waals surface area contributed by atoms with Crippen molar-refractivity contribution in [1.29, 1.82) is 0 Å². The number of carbonyl (C=O) groups excluding carboxylic acids is 1. The van der Waals surface area contributed by atoms with Gasteiger partial charge in [0, 0.05) is 13.1 Å². The smallest absolute Gasteiger partial charge is 0.257 e. The van der Waals surface area contributed by atoms with Crippen LogP contribution in [-0.2, 0) is 0 Å². The summed E-state index contributed by atoms with van der Waals surface area (Å²) >= 11 is 5.75. The third kappa shape index (κ3) is 2.56. The third-order valence-electron chi connectivity index (χ3n) is 2.78. The molecule has 1 fully saturated rings. The summed E-state index contributed by atoms with van der Waals surface area (Å²) in [5.41, 5.74) is -0.854. The Labute approximate surface area is 103 Å². The SMILES string of the molecule is CC1(O)CCN(C(=O)c2cc(F)cnc2Cl)C1. The van der Waals surface area contributed by atoms with E-state index in [-0.39, 0.29) is 17.3 Å². The maximum Gasteiger partial charge on any atom is 0.257 e. The van der Waals surface area contributed by atoms with Crippen LogP contribution in [0.5, 0.6) is 0 Å². The molecule has 1 aliphatic rings. The monoisotopic (exact) mass is 258 g/mol. The summed E-state index contributed by atoms with van der Waals surface area (Å²) in [6, 6.07) is 1.06. The van der Waals surface area contributed by atoms with Crippen LogP contribution in [-0.4, -0.2) is 39.6 Å². The van der Waals surface area contributed by atoms with Gasteiger partial charge < -0.3 is 10.0 Å². The molecule has 4 nitrogen and oxygen atoms in total. The van der Waals surface area contributed by atoms with Crippen LogP contribution < -0.4 is 0 Å². The standard InChI is InChI=1S/C11H12ClFN2O2/c1-11(17)2-3-15(6-11)10(16)8-4-7(13)5-14-9(8)12/h4-5,17H,2-3,6H2,1H3. The number of rotatable bonds is 1. The maximum atomic E-state index is 13.0. The quantitative estimate of drug-likeness (QED) is 0.776. The van der Waals surface area contributed by atoms with Crippen molar-refractivity contribution in [2.75, 3.05) is 13.1 Å². The molecule has 0 saturated carbocycles. The van der Waals surface area contributed by atoms with Crippen LogP contribution in [0.4, 0.5) is 4.39 Å². The molecule has 1 amide bonds. The van der Waals surface area contributed by atoms with Crippen molar-refractivity contribution in [3.63, 3.8) is 0 Å². The van der Waals surface area contributed by atoms with Crippen LogP contribution in [0.2, 0.25) is 5.15 Å². The van der Waals surface area contributed by atoms with Crippen molar-refractivity contribution < 1.29 is 14.3 Å². The van der Waals surface area contributed by atoms with Gasteiger partial charge in [0.05, 0.1) is 17.4 Å². The topological polar surface area (TPSA) is 53.4 Å². The summed E-state index contributed by atoms with van der Waals surface area (Å²) in [7, 11) is 0. The summed E-state index contributed by atoms with van der Waals surface area (Å²) in [4.78, 5) is 17.1. The summed E-state index contributed by atoms with van der Waals surface area (Å²) in [6.07, 6.45) is 1.46. The normalized spacial score (nSPS) is 24.1. The molecule has 17 heavy (non-hydrogen) atoms. The number of β-amino-alcohol motifs (C(OH)–C–C–N with tert-alkyl or cyclic N) is 1. The number of nitrogens with zero attached hydrogens (tertiary/aromatic N) is 2. The second-order valence-electron chi connectivity index (χ2n) is 4.47. The minimum absolute atomic E-state index is 0.0251. The van der Waals surface area contributed by atoms with Gasteiger partial charge in [-0.15, -0.1) is 0 Å². The highest BCUT2D eigenvalue weighted by Crippen LogP contribution is 2.24. The van der Waals surface area contributed by atoms with Gasteiger partial charge in [-0.3, -0.25) is 4.79 Å². The average molecular weight is 259 g/mol. The number of carbonyl (C=O) groups is 1. The van der Waals surface area contributed by atoms with Crippen LogP contribution in [0.3, 0.4) is 0 Å². The van der Waals surface area contributed by atoms with Crippen molar-refractivity contribution in [2.45, 2.75) is 18.9 Å². The molecule has 1 aromatic rings. The fourth-order valence-corrected chi connectivity index (χ4v) is 2.05. The number of pyridine rings is 1. The number of hydrogen-bond acceptors (Lipinski definition) is 3. The summed E-state index contributed by atoms with van der Waals surface area (Å²) in [5, 5.41) is 9.74. The van der Waals surface area contributed by atoms with Crippen molar-refractivity contribution in [3.8, 4) is 0 Å². The van der Waals surface area contributed by atoms with Crippen molar-refractivity contribution in [3.05, 3.63) is 28.8 Å². The summed E-state index contributed by atoms with van der Waals surface area (Å²) in [6.45, 7) is 2.31. The molecule has 1 unspecified atom stereocenters. The predicted molar refractivity (Wildman–Crippen MR) is 60.3 cm³/mol. The number of aliphatic hydroxyl groups is 1. The van der Waals surface area contributed by atoms with E-state index in [1.165, 1.54) is 4.90 Å². The molecule has 2 heterocycles. The molecule has 1 atom stereocenters. The van der Waals surface area contributed by atoms with E-state index >= 15 is 0 Å². The molecule has 0 aromatic carbocycles. The number of aromatic nitrogens is 1. The Balaban J connectivity index is 2.23. The largest absolute Gasteiger partial charge is 0.388 e. The molecule has 1 saturated heterocycles.